The number of fused-ring (bicyclic) bond motifs is 1. The van der Waals surface area contributed by atoms with Crippen LogP contribution in [0, 0.1) is 11.3 Å². The average Bonchev–Trinajstić information content (AvgIpc) is 2.85. The van der Waals surface area contributed by atoms with Gasteiger partial charge < -0.3 is 9.62 Å². The van der Waals surface area contributed by atoms with Crippen molar-refractivity contribution in [2.24, 2.45) is 11.3 Å². The quantitative estimate of drug-likeness (QED) is 0.350. The van der Waals surface area contributed by atoms with Crippen LogP contribution in [-0.4, -0.2) is 41.3 Å². The Kier molecular flexibility index (Phi) is 10.9. The fourth-order valence-corrected chi connectivity index (χ4v) is 6.31. The van der Waals surface area contributed by atoms with Crippen molar-refractivity contribution in [1.29, 1.82) is 0 Å². The Morgan fingerprint density at radius 2 is 1.72 bits per heavy atom. The molecule has 0 aliphatic heterocycles. The molecule has 1 aromatic heterocycles. The molecule has 216 valence electrons. The lowest BCUT2D eigenvalue weighted by Crippen LogP contribution is -2.54. The van der Waals surface area contributed by atoms with Crippen molar-refractivity contribution in [2.45, 2.75) is 83.5 Å². The lowest BCUT2D eigenvalue weighted by Gasteiger charge is -2.52. The summed E-state index contributed by atoms with van der Waals surface area (Å²) >= 11 is 12.5. The highest BCUT2D eigenvalue weighted by molar-refractivity contribution is 7.97. The monoisotopic (exact) mass is 603 g/mol. The Morgan fingerprint density at radius 1 is 1.13 bits per heavy atom. The van der Waals surface area contributed by atoms with Gasteiger partial charge in [0.2, 0.25) is 5.91 Å². The summed E-state index contributed by atoms with van der Waals surface area (Å²) in [4.78, 5) is 27.6. The molecule has 1 amide bonds. The molecule has 3 fully saturated rings. The van der Waals surface area contributed by atoms with Crippen molar-refractivity contribution < 1.29 is 22.8 Å². The van der Waals surface area contributed by atoms with Crippen molar-refractivity contribution in [3.63, 3.8) is 0 Å². The third-order valence-electron chi connectivity index (χ3n) is 7.55. The first-order valence-corrected chi connectivity index (χ1v) is 15.7. The van der Waals surface area contributed by atoms with Crippen LogP contribution in [-0.2, 0) is 15.8 Å². The summed E-state index contributed by atoms with van der Waals surface area (Å²) in [6.07, 6.45) is 5.14. The van der Waals surface area contributed by atoms with Crippen LogP contribution in [0.3, 0.4) is 0 Å². The number of thiol groups is 1. The van der Waals surface area contributed by atoms with E-state index < -0.39 is 11.9 Å². The second-order valence-corrected chi connectivity index (χ2v) is 12.1. The van der Waals surface area contributed by atoms with Gasteiger partial charge in [-0.3, -0.25) is 9.59 Å². The number of halogens is 4. The number of pyridine rings is 1. The standard InChI is InChI=1S/C24H25ClF3N3O2S.C2H6S.C2H6/c25-14-1-6-19-18(7-14)20(8-21(30-19)24(26,27)28)31(34)16-4-2-15(3-5-16)29-22(33)13-9-23(10-13)11-17(32)12-23;1-3-2;1-2/h1,6-8,13,15-16,34H,2-5,9-12H2,(H,29,33);1-2H3;1-2H3. The number of nitrogens with zero attached hydrogens (tertiary/aromatic N) is 2. The van der Waals surface area contributed by atoms with E-state index in [1.807, 2.05) is 26.4 Å². The van der Waals surface area contributed by atoms with Gasteiger partial charge in [-0.2, -0.15) is 24.9 Å². The van der Waals surface area contributed by atoms with Crippen LogP contribution in [0.25, 0.3) is 10.9 Å². The van der Waals surface area contributed by atoms with Crippen LogP contribution in [0.4, 0.5) is 18.9 Å². The van der Waals surface area contributed by atoms with Gasteiger partial charge in [0.05, 0.1) is 11.2 Å². The van der Waals surface area contributed by atoms with Crippen LogP contribution in [0.2, 0.25) is 5.02 Å². The minimum absolute atomic E-state index is 0.0130. The van der Waals surface area contributed by atoms with Crippen LogP contribution in [0.1, 0.15) is 70.9 Å². The van der Waals surface area contributed by atoms with Crippen molar-refractivity contribution >= 4 is 64.5 Å². The lowest BCUT2D eigenvalue weighted by atomic mass is 9.51. The fraction of sp³-hybridized carbons (Fsp3) is 0.607. The topological polar surface area (TPSA) is 62.3 Å². The number of aromatic nitrogens is 1. The van der Waals surface area contributed by atoms with Gasteiger partial charge in [0, 0.05) is 41.3 Å². The molecule has 11 heteroatoms. The Balaban J connectivity index is 0.000000787. The predicted octanol–water partition coefficient (Wildman–Crippen LogP) is 7.75. The minimum atomic E-state index is -4.58. The maximum absolute atomic E-state index is 13.5. The third-order valence-corrected chi connectivity index (χ3v) is 8.33. The Morgan fingerprint density at radius 3 is 2.26 bits per heavy atom. The highest BCUT2D eigenvalue weighted by Gasteiger charge is 2.54. The van der Waals surface area contributed by atoms with Gasteiger partial charge in [0.15, 0.2) is 0 Å². The largest absolute Gasteiger partial charge is 0.433 e. The summed E-state index contributed by atoms with van der Waals surface area (Å²) in [6.45, 7) is 4.00. The Bertz CT molecular complexity index is 1160. The number of carbonyl (C=O) groups is 2. The van der Waals surface area contributed by atoms with Crippen LogP contribution < -0.4 is 9.62 Å². The summed E-state index contributed by atoms with van der Waals surface area (Å²) in [5.74, 6) is 0.335. The number of benzene rings is 1. The second-order valence-electron chi connectivity index (χ2n) is 10.5. The molecule has 3 aliphatic rings. The minimum Gasteiger partial charge on any atom is -0.353 e. The van der Waals surface area contributed by atoms with Gasteiger partial charge >= 0.3 is 6.18 Å². The maximum atomic E-state index is 13.5. The zero-order chi connectivity index (χ0) is 29.0. The van der Waals surface area contributed by atoms with E-state index in [0.29, 0.717) is 47.6 Å². The molecule has 0 saturated heterocycles. The highest BCUT2D eigenvalue weighted by Crippen LogP contribution is 2.57. The van der Waals surface area contributed by atoms with E-state index in [-0.39, 0.29) is 34.8 Å². The van der Waals surface area contributed by atoms with Crippen LogP contribution in [0.5, 0.6) is 0 Å². The van der Waals surface area contributed by atoms with Gasteiger partial charge in [0.25, 0.3) is 0 Å². The van der Waals surface area contributed by atoms with Crippen LogP contribution >= 0.6 is 36.2 Å². The molecule has 5 rings (SSSR count). The molecular weight excluding hydrogens is 567 g/mol. The van der Waals surface area contributed by atoms with E-state index in [9.17, 15) is 22.8 Å². The number of rotatable bonds is 4. The number of hydrogen-bond donors (Lipinski definition) is 2. The zero-order valence-electron chi connectivity index (χ0n) is 22.8. The highest BCUT2D eigenvalue weighted by atomic mass is 35.5. The molecular formula is C28H37ClF3N3O2S2. The fourth-order valence-electron chi connectivity index (χ4n) is 5.74. The Labute approximate surface area is 243 Å². The molecule has 0 radical (unpaired) electrons. The molecule has 39 heavy (non-hydrogen) atoms. The van der Waals surface area contributed by atoms with Gasteiger partial charge in [0.1, 0.15) is 11.5 Å². The molecule has 0 unspecified atom stereocenters. The van der Waals surface area contributed by atoms with E-state index in [4.69, 9.17) is 11.6 Å². The molecule has 1 N–H and O–H groups in total. The summed E-state index contributed by atoms with van der Waals surface area (Å²) < 4.78 is 42.0. The number of Topliss-reactive ketones (excluding diaryl/α,β-unsaturated/α-hetero) is 1. The molecule has 1 heterocycles. The zero-order valence-corrected chi connectivity index (χ0v) is 25.2. The number of hydrogen-bond acceptors (Lipinski definition) is 6. The third kappa shape index (κ3) is 7.55. The molecule has 0 bridgehead atoms. The van der Waals surface area contributed by atoms with Crippen molar-refractivity contribution in [1.82, 2.24) is 10.3 Å². The van der Waals surface area contributed by atoms with E-state index in [2.05, 4.69) is 23.1 Å². The molecule has 0 atom stereocenters. The van der Waals surface area contributed by atoms with Crippen molar-refractivity contribution in [3.05, 3.63) is 35.0 Å². The van der Waals surface area contributed by atoms with E-state index in [1.54, 1.807) is 22.1 Å². The normalized spacial score (nSPS) is 22.0. The van der Waals surface area contributed by atoms with Gasteiger partial charge in [-0.05, 0) is 80.7 Å². The first-order chi connectivity index (χ1) is 18.4. The first-order valence-electron chi connectivity index (χ1n) is 13.3. The number of nitrogens with one attached hydrogen (secondary N) is 1. The molecule has 3 saturated carbocycles. The number of anilines is 1. The van der Waals surface area contributed by atoms with E-state index >= 15 is 0 Å². The molecule has 1 spiro atoms. The van der Waals surface area contributed by atoms with Gasteiger partial charge in [-0.1, -0.05) is 38.3 Å². The Hall–Kier alpha value is -1.65. The average molecular weight is 604 g/mol. The smallest absolute Gasteiger partial charge is 0.353 e. The number of carbonyl (C=O) groups excluding carboxylic acids is 2. The van der Waals surface area contributed by atoms with E-state index in [0.717, 1.165) is 31.7 Å². The predicted molar refractivity (Wildman–Crippen MR) is 158 cm³/mol. The van der Waals surface area contributed by atoms with Gasteiger partial charge in [-0.15, -0.1) is 0 Å². The second kappa shape index (κ2) is 13.3. The SMILES string of the molecule is CC.CSC.O=C1CC2(C1)CC(C(=O)NC1CCC(N(S)c3cc(C(F)(F)F)nc4ccc(Cl)cc34)CC1)C2. The molecule has 1 aromatic carbocycles. The van der Waals surface area contributed by atoms with Crippen molar-refractivity contribution in [2.75, 3.05) is 16.8 Å². The van der Waals surface area contributed by atoms with E-state index in [1.165, 1.54) is 12.1 Å². The number of thioether (sulfide) groups is 1. The lowest BCUT2D eigenvalue weighted by molar-refractivity contribution is -0.150. The molecule has 3 aliphatic carbocycles. The van der Waals surface area contributed by atoms with Crippen LogP contribution in [0.15, 0.2) is 24.3 Å². The first kappa shape index (κ1) is 31.9. The number of alkyl halides is 3. The maximum Gasteiger partial charge on any atom is 0.433 e. The van der Waals surface area contributed by atoms with Crippen molar-refractivity contribution in [3.8, 4) is 0 Å². The summed E-state index contributed by atoms with van der Waals surface area (Å²) in [5.41, 5.74) is -0.343. The molecule has 5 nitrogen and oxygen atoms in total. The van der Waals surface area contributed by atoms with Gasteiger partial charge in [-0.25, -0.2) is 4.98 Å². The summed E-state index contributed by atoms with van der Waals surface area (Å²) in [6, 6.07) is 5.58. The molecule has 2 aromatic rings. The number of amides is 1. The summed E-state index contributed by atoms with van der Waals surface area (Å²) in [7, 11) is 0. The summed E-state index contributed by atoms with van der Waals surface area (Å²) in [5, 5.41) is 4.06. The number of ketones is 1.